The van der Waals surface area contributed by atoms with Gasteiger partial charge in [-0.2, -0.15) is 0 Å². The van der Waals surface area contributed by atoms with E-state index < -0.39 is 60.7 Å². The van der Waals surface area contributed by atoms with Crippen molar-refractivity contribution in [1.29, 1.82) is 0 Å². The maximum Gasteiger partial charge on any atom is 0.305 e. The van der Waals surface area contributed by atoms with Gasteiger partial charge in [-0.05, 0) is 49.9 Å². The number of amides is 5. The molecular weight excluding hydrogens is 661 g/mol. The molecule has 0 aliphatic carbocycles. The van der Waals surface area contributed by atoms with Crippen LogP contribution in [0, 0.1) is 0 Å². The zero-order valence-electron chi connectivity index (χ0n) is 26.2. The summed E-state index contributed by atoms with van der Waals surface area (Å²) in [5.41, 5.74) is 11.6. The van der Waals surface area contributed by atoms with Gasteiger partial charge >= 0.3 is 5.97 Å². The number of aliphatic imine (C=N–C) groups is 1. The van der Waals surface area contributed by atoms with Gasteiger partial charge in [0, 0.05) is 29.9 Å². The highest BCUT2D eigenvalue weighted by atomic mass is 33.1. The Morgan fingerprint density at radius 1 is 1.00 bits per heavy atom. The molecule has 256 valence electrons. The van der Waals surface area contributed by atoms with Crippen LogP contribution in [-0.4, -0.2) is 101 Å². The number of aliphatic carboxylic acids is 1. The zero-order valence-corrected chi connectivity index (χ0v) is 27.9. The van der Waals surface area contributed by atoms with Gasteiger partial charge in [0.2, 0.25) is 23.6 Å². The molecule has 4 rings (SSSR count). The van der Waals surface area contributed by atoms with Gasteiger partial charge in [-0.15, -0.1) is 0 Å². The summed E-state index contributed by atoms with van der Waals surface area (Å²) >= 11 is 0. The number of nitrogens with two attached hydrogens (primary N) is 2. The first-order chi connectivity index (χ1) is 23.0. The van der Waals surface area contributed by atoms with E-state index in [2.05, 4.69) is 20.9 Å². The van der Waals surface area contributed by atoms with Gasteiger partial charge in [0.05, 0.1) is 24.2 Å². The molecule has 0 saturated carbocycles. The zero-order chi connectivity index (χ0) is 34.8. The fourth-order valence-corrected chi connectivity index (χ4v) is 7.70. The Bertz CT molecular complexity index is 1590. The summed E-state index contributed by atoms with van der Waals surface area (Å²) in [5.74, 6) is -4.47. The fourth-order valence-electron chi connectivity index (χ4n) is 5.39. The number of carboxylic acids is 1. The number of rotatable bonds is 6. The summed E-state index contributed by atoms with van der Waals surface area (Å²) in [6.45, 7) is -0.0596. The Labute approximate surface area is 285 Å². The largest absolute Gasteiger partial charge is 0.481 e. The average molecular weight is 699 g/mol. The maximum absolute atomic E-state index is 14.0. The number of carbonyl (C=O) groups excluding carboxylic acids is 5. The third-order valence-electron chi connectivity index (χ3n) is 7.78. The minimum Gasteiger partial charge on any atom is -0.481 e. The van der Waals surface area contributed by atoms with E-state index in [0.29, 0.717) is 46.8 Å². The lowest BCUT2D eigenvalue weighted by Crippen LogP contribution is -2.55. The van der Waals surface area contributed by atoms with Crippen molar-refractivity contribution in [1.82, 2.24) is 20.4 Å². The van der Waals surface area contributed by atoms with E-state index in [0.717, 1.165) is 0 Å². The fraction of sp³-hybridized carbons (Fsp3) is 0.387. The summed E-state index contributed by atoms with van der Waals surface area (Å²) in [5, 5.41) is 17.0. The van der Waals surface area contributed by atoms with Crippen LogP contribution in [0.3, 0.4) is 0 Å². The molecule has 2 aromatic rings. The molecule has 1 fully saturated rings. The number of fused-ring (bicyclic) bond motifs is 3. The first kappa shape index (κ1) is 36.1. The van der Waals surface area contributed by atoms with Gasteiger partial charge in [-0.1, -0.05) is 45.9 Å². The number of carboxylic acid groups (broad SMARTS) is 1. The molecule has 17 heteroatoms. The molecule has 0 radical (unpaired) electrons. The number of likely N-dealkylation sites (N-methyl/N-ethyl adjacent to an activating group) is 1. The Morgan fingerprint density at radius 3 is 2.42 bits per heavy atom. The molecule has 0 aromatic heterocycles. The molecule has 2 aliphatic heterocycles. The Balaban J connectivity index is 1.70. The molecule has 3 atom stereocenters. The highest BCUT2D eigenvalue weighted by molar-refractivity contribution is 8.76. The van der Waals surface area contributed by atoms with Crippen LogP contribution in [0.15, 0.2) is 63.3 Å². The molecular formula is C31H38N8O7S2. The summed E-state index contributed by atoms with van der Waals surface area (Å²) in [7, 11) is 4.02. The van der Waals surface area contributed by atoms with Gasteiger partial charge in [0.25, 0.3) is 5.91 Å². The van der Waals surface area contributed by atoms with Crippen molar-refractivity contribution in [3.8, 4) is 0 Å². The Kier molecular flexibility index (Phi) is 12.7. The van der Waals surface area contributed by atoms with Crippen LogP contribution in [0.4, 0.5) is 5.69 Å². The molecule has 2 heterocycles. The quantitative estimate of drug-likeness (QED) is 0.108. The topological polar surface area (TPSA) is 230 Å². The second-order valence-electron chi connectivity index (χ2n) is 11.2. The second-order valence-corrected chi connectivity index (χ2v) is 13.4. The summed E-state index contributed by atoms with van der Waals surface area (Å²) in [4.78, 5) is 87.1. The van der Waals surface area contributed by atoms with E-state index >= 15 is 0 Å². The number of carbonyl (C=O) groups is 6. The van der Waals surface area contributed by atoms with Gasteiger partial charge in [-0.3, -0.25) is 33.8 Å². The number of anilines is 1. The molecule has 8 N–H and O–H groups in total. The van der Waals surface area contributed by atoms with Crippen LogP contribution >= 0.6 is 21.6 Å². The molecule has 15 nitrogen and oxygen atoms in total. The third-order valence-corrected chi connectivity index (χ3v) is 10.3. The molecule has 48 heavy (non-hydrogen) atoms. The lowest BCUT2D eigenvalue weighted by atomic mass is 10.1. The van der Waals surface area contributed by atoms with Crippen LogP contribution in [-0.2, 0) is 24.0 Å². The SMILES string of the molecule is CN1C(=O)[C@@H]2CCCN2C(=O)c2ccccc2SSc2ccccc2NC(=O)[C@@H](CC(=O)O)NC(=O)CNC(=O)[C@H]1CCCN=C(N)N. The third kappa shape index (κ3) is 9.41. The molecule has 2 aliphatic rings. The van der Waals surface area contributed by atoms with E-state index in [1.165, 1.54) is 38.4 Å². The summed E-state index contributed by atoms with van der Waals surface area (Å²) < 4.78 is 0. The predicted octanol–water partition coefficient (Wildman–Crippen LogP) is 0.999. The van der Waals surface area contributed by atoms with Crippen molar-refractivity contribution in [2.75, 3.05) is 32.0 Å². The monoisotopic (exact) mass is 698 g/mol. The number of guanidine groups is 1. The average Bonchev–Trinajstić information content (AvgIpc) is 3.55. The van der Waals surface area contributed by atoms with E-state index in [9.17, 15) is 33.9 Å². The van der Waals surface area contributed by atoms with Crippen molar-refractivity contribution in [2.45, 2.75) is 60.0 Å². The minimum absolute atomic E-state index is 0.128. The van der Waals surface area contributed by atoms with Crippen molar-refractivity contribution in [2.24, 2.45) is 16.5 Å². The van der Waals surface area contributed by atoms with E-state index in [-0.39, 0.29) is 24.8 Å². The number of para-hydroxylation sites is 1. The highest BCUT2D eigenvalue weighted by Gasteiger charge is 2.39. The van der Waals surface area contributed by atoms with Gasteiger partial charge in [-0.25, -0.2) is 0 Å². The first-order valence-electron chi connectivity index (χ1n) is 15.2. The molecule has 0 bridgehead atoms. The van der Waals surface area contributed by atoms with Gasteiger partial charge < -0.3 is 42.3 Å². The number of hydrogen-bond acceptors (Lipinski definition) is 9. The van der Waals surface area contributed by atoms with Crippen molar-refractivity contribution >= 4 is 68.7 Å². The van der Waals surface area contributed by atoms with Crippen LogP contribution in [0.5, 0.6) is 0 Å². The van der Waals surface area contributed by atoms with Crippen molar-refractivity contribution in [3.63, 3.8) is 0 Å². The van der Waals surface area contributed by atoms with E-state index in [4.69, 9.17) is 11.5 Å². The van der Waals surface area contributed by atoms with Crippen molar-refractivity contribution in [3.05, 3.63) is 54.1 Å². The van der Waals surface area contributed by atoms with Crippen molar-refractivity contribution < 1.29 is 33.9 Å². The Morgan fingerprint density at radius 2 is 1.69 bits per heavy atom. The van der Waals surface area contributed by atoms with Gasteiger partial charge in [0.15, 0.2) is 5.96 Å². The number of benzene rings is 2. The second kappa shape index (κ2) is 16.9. The van der Waals surface area contributed by atoms with Crippen LogP contribution in [0.1, 0.15) is 42.5 Å². The Hall–Kier alpha value is -4.77. The van der Waals surface area contributed by atoms with Crippen LogP contribution in [0.2, 0.25) is 0 Å². The molecule has 1 saturated heterocycles. The van der Waals surface area contributed by atoms with E-state index in [1.807, 2.05) is 0 Å². The molecule has 5 amide bonds. The van der Waals surface area contributed by atoms with E-state index in [1.54, 1.807) is 48.5 Å². The molecule has 0 unspecified atom stereocenters. The maximum atomic E-state index is 14.0. The number of nitrogens with one attached hydrogen (secondary N) is 3. The standard InChI is InChI=1S/C31H38N8O7S2/c1-38-21(10-6-14-34-31(32)33)28(44)35-17-25(40)36-20(16-26(41)42)27(43)37-19-9-3-5-13-24(19)48-47-23-12-4-2-8-18(23)29(45)39-15-7-11-22(39)30(38)46/h2-5,8-9,12-13,20-22H,6-7,10-11,14-17H2,1H3,(H,35,44)(H,36,40)(H,37,43)(H,41,42)(H4,32,33,34)/t20-,21-,22+/m1/s1. The summed E-state index contributed by atoms with van der Waals surface area (Å²) in [6, 6.07) is 10.5. The smallest absolute Gasteiger partial charge is 0.305 e. The summed E-state index contributed by atoms with van der Waals surface area (Å²) in [6.07, 6.45) is 0.729. The van der Waals surface area contributed by atoms with Crippen LogP contribution < -0.4 is 27.4 Å². The predicted molar refractivity (Wildman–Crippen MR) is 181 cm³/mol. The molecule has 2 aromatic carbocycles. The number of hydrogen-bond donors (Lipinski definition) is 6. The lowest BCUT2D eigenvalue weighted by molar-refractivity contribution is -0.142. The number of nitrogens with zero attached hydrogens (tertiary/aromatic N) is 3. The lowest BCUT2D eigenvalue weighted by Gasteiger charge is -2.33. The minimum atomic E-state index is -1.46. The normalized spacial score (nSPS) is 21.2. The highest BCUT2D eigenvalue weighted by Crippen LogP contribution is 2.42. The van der Waals surface area contributed by atoms with Crippen LogP contribution in [0.25, 0.3) is 0 Å². The molecule has 0 spiro atoms. The van der Waals surface area contributed by atoms with Gasteiger partial charge in [0.1, 0.15) is 18.1 Å². The first-order valence-corrected chi connectivity index (χ1v) is 17.4.